The lowest BCUT2D eigenvalue weighted by molar-refractivity contribution is -0.142. The van der Waals surface area contributed by atoms with Crippen molar-refractivity contribution in [3.8, 4) is 0 Å². The molecule has 1 heterocycles. The summed E-state index contributed by atoms with van der Waals surface area (Å²) in [4.78, 5) is 24.5. The van der Waals surface area contributed by atoms with Gasteiger partial charge in [0.05, 0.1) is 5.92 Å². The second-order valence-electron chi connectivity index (χ2n) is 5.83. The van der Waals surface area contributed by atoms with Crippen molar-refractivity contribution < 1.29 is 14.7 Å². The van der Waals surface area contributed by atoms with Crippen LogP contribution in [0.25, 0.3) is 0 Å². The first-order valence-corrected chi connectivity index (χ1v) is 7.81. The van der Waals surface area contributed by atoms with E-state index in [4.69, 9.17) is 5.11 Å². The van der Waals surface area contributed by atoms with Gasteiger partial charge in [-0.05, 0) is 12.3 Å². The molecule has 2 atom stereocenters. The molecule has 0 bridgehead atoms. The van der Waals surface area contributed by atoms with Crippen molar-refractivity contribution in [2.75, 3.05) is 19.6 Å². The Morgan fingerprint density at radius 2 is 1.80 bits per heavy atom. The van der Waals surface area contributed by atoms with E-state index in [1.54, 1.807) is 4.90 Å². The highest BCUT2D eigenvalue weighted by molar-refractivity contribution is 5.77. The van der Waals surface area contributed by atoms with E-state index < -0.39 is 11.9 Å². The van der Waals surface area contributed by atoms with Crippen molar-refractivity contribution >= 4 is 12.0 Å². The molecule has 0 spiro atoms. The third-order valence-corrected chi connectivity index (χ3v) is 4.02. The van der Waals surface area contributed by atoms with Crippen molar-refractivity contribution in [1.82, 2.24) is 10.2 Å². The maximum absolute atomic E-state index is 11.9. The molecule has 2 N–H and O–H groups in total. The lowest BCUT2D eigenvalue weighted by atomic mass is 9.99. The van der Waals surface area contributed by atoms with Gasteiger partial charge in [0.1, 0.15) is 0 Å². The van der Waals surface area contributed by atoms with Crippen LogP contribution in [0, 0.1) is 11.8 Å². The van der Waals surface area contributed by atoms with Gasteiger partial charge in [-0.2, -0.15) is 0 Å². The third kappa shape index (κ3) is 5.39. The maximum Gasteiger partial charge on any atom is 0.317 e. The van der Waals surface area contributed by atoms with Gasteiger partial charge in [-0.1, -0.05) is 46.0 Å². The highest BCUT2D eigenvalue weighted by Gasteiger charge is 2.36. The Bertz CT molecular complexity index is 320. The number of nitrogens with zero attached hydrogens (tertiary/aromatic N) is 1. The fraction of sp³-hybridized carbons (Fsp3) is 0.867. The third-order valence-electron chi connectivity index (χ3n) is 4.02. The van der Waals surface area contributed by atoms with E-state index in [-0.39, 0.29) is 11.9 Å². The second-order valence-corrected chi connectivity index (χ2v) is 5.83. The Morgan fingerprint density at radius 3 is 2.40 bits per heavy atom. The summed E-state index contributed by atoms with van der Waals surface area (Å²) in [6.07, 6.45) is 7.18. The lowest BCUT2D eigenvalue weighted by Gasteiger charge is -2.16. The summed E-state index contributed by atoms with van der Waals surface area (Å²) in [5, 5.41) is 11.9. The predicted molar refractivity (Wildman–Crippen MR) is 78.6 cm³/mol. The number of nitrogens with one attached hydrogen (secondary N) is 1. The number of carboxylic acid groups (broad SMARTS) is 1. The SMILES string of the molecule is CCCCCCCCNC(=O)N1C[C@@H](C)[C@H](C(=O)O)C1. The molecule has 1 rings (SSSR count). The van der Waals surface area contributed by atoms with Gasteiger partial charge in [-0.3, -0.25) is 4.79 Å². The van der Waals surface area contributed by atoms with Gasteiger partial charge < -0.3 is 15.3 Å². The van der Waals surface area contributed by atoms with Gasteiger partial charge in [-0.25, -0.2) is 4.79 Å². The van der Waals surface area contributed by atoms with Gasteiger partial charge in [0, 0.05) is 19.6 Å². The molecule has 0 aromatic rings. The predicted octanol–water partition coefficient (Wildman–Crippen LogP) is 2.71. The Morgan fingerprint density at radius 1 is 1.15 bits per heavy atom. The topological polar surface area (TPSA) is 69.6 Å². The smallest absolute Gasteiger partial charge is 0.317 e. The molecule has 1 saturated heterocycles. The van der Waals surface area contributed by atoms with E-state index in [0.717, 1.165) is 12.8 Å². The molecule has 0 saturated carbocycles. The number of rotatable bonds is 8. The number of unbranched alkanes of at least 4 members (excludes halogenated alkanes) is 5. The second kappa shape index (κ2) is 8.82. The maximum atomic E-state index is 11.9. The zero-order valence-electron chi connectivity index (χ0n) is 12.7. The standard InChI is InChI=1S/C15H28N2O3/c1-3-4-5-6-7-8-9-16-15(20)17-10-12(2)13(11-17)14(18)19/h12-13H,3-11H2,1-2H3,(H,16,20)(H,18,19)/t12-,13-/m1/s1. The van der Waals surface area contributed by atoms with Crippen LogP contribution >= 0.6 is 0 Å². The van der Waals surface area contributed by atoms with E-state index in [2.05, 4.69) is 12.2 Å². The highest BCUT2D eigenvalue weighted by Crippen LogP contribution is 2.22. The molecule has 5 heteroatoms. The molecule has 0 aromatic heterocycles. The Balaban J connectivity index is 2.13. The van der Waals surface area contributed by atoms with Gasteiger partial charge in [-0.15, -0.1) is 0 Å². The van der Waals surface area contributed by atoms with Crippen LogP contribution in [0.15, 0.2) is 0 Å². The van der Waals surface area contributed by atoms with Crippen molar-refractivity contribution in [1.29, 1.82) is 0 Å². The Kier molecular flexibility index (Phi) is 7.41. The van der Waals surface area contributed by atoms with Gasteiger partial charge in [0.25, 0.3) is 0 Å². The number of urea groups is 1. The first-order valence-electron chi connectivity index (χ1n) is 7.81. The van der Waals surface area contributed by atoms with Crippen LogP contribution in [0.4, 0.5) is 4.79 Å². The first kappa shape index (κ1) is 16.8. The number of likely N-dealkylation sites (tertiary alicyclic amines) is 1. The number of amides is 2. The number of hydrogen-bond donors (Lipinski definition) is 2. The highest BCUT2D eigenvalue weighted by atomic mass is 16.4. The average Bonchev–Trinajstić information content (AvgIpc) is 2.80. The van der Waals surface area contributed by atoms with Crippen molar-refractivity contribution in [2.24, 2.45) is 11.8 Å². The van der Waals surface area contributed by atoms with E-state index in [9.17, 15) is 9.59 Å². The molecule has 1 aliphatic heterocycles. The Hall–Kier alpha value is -1.26. The molecule has 0 unspecified atom stereocenters. The van der Waals surface area contributed by atoms with E-state index in [1.807, 2.05) is 6.92 Å². The average molecular weight is 284 g/mol. The monoisotopic (exact) mass is 284 g/mol. The molecule has 116 valence electrons. The van der Waals surface area contributed by atoms with Gasteiger partial charge in [0.15, 0.2) is 0 Å². The molecule has 0 aliphatic carbocycles. The number of carbonyl (C=O) groups excluding carboxylic acids is 1. The summed E-state index contributed by atoms with van der Waals surface area (Å²) in [5.41, 5.74) is 0. The first-order chi connectivity index (χ1) is 9.56. The Labute approximate surface area is 121 Å². The fourth-order valence-corrected chi connectivity index (χ4v) is 2.67. The van der Waals surface area contributed by atoms with Gasteiger partial charge in [0.2, 0.25) is 0 Å². The summed E-state index contributed by atoms with van der Waals surface area (Å²) < 4.78 is 0. The number of hydrogen-bond acceptors (Lipinski definition) is 2. The zero-order valence-corrected chi connectivity index (χ0v) is 12.7. The molecule has 20 heavy (non-hydrogen) atoms. The molecule has 1 aliphatic rings. The van der Waals surface area contributed by atoms with Crippen LogP contribution in [0.2, 0.25) is 0 Å². The van der Waals surface area contributed by atoms with Crippen LogP contribution in [0.5, 0.6) is 0 Å². The summed E-state index contributed by atoms with van der Waals surface area (Å²) >= 11 is 0. The van der Waals surface area contributed by atoms with E-state index in [1.165, 1.54) is 25.7 Å². The van der Waals surface area contributed by atoms with Crippen molar-refractivity contribution in [2.45, 2.75) is 52.4 Å². The van der Waals surface area contributed by atoms with E-state index in [0.29, 0.717) is 19.6 Å². The minimum Gasteiger partial charge on any atom is -0.481 e. The number of carboxylic acids is 1. The lowest BCUT2D eigenvalue weighted by Crippen LogP contribution is -2.39. The largest absolute Gasteiger partial charge is 0.481 e. The van der Waals surface area contributed by atoms with Crippen LogP contribution in [-0.2, 0) is 4.79 Å². The van der Waals surface area contributed by atoms with E-state index >= 15 is 0 Å². The molecule has 1 fully saturated rings. The van der Waals surface area contributed by atoms with Crippen LogP contribution in [0.1, 0.15) is 52.4 Å². The van der Waals surface area contributed by atoms with Crippen molar-refractivity contribution in [3.05, 3.63) is 0 Å². The van der Waals surface area contributed by atoms with Gasteiger partial charge >= 0.3 is 12.0 Å². The summed E-state index contributed by atoms with van der Waals surface area (Å²) in [6.45, 7) is 5.65. The molecule has 0 aromatic carbocycles. The minimum absolute atomic E-state index is 0.0345. The molecule has 2 amide bonds. The summed E-state index contributed by atoms with van der Waals surface area (Å²) in [5.74, 6) is -1.19. The minimum atomic E-state index is -0.802. The number of carbonyl (C=O) groups is 2. The molecular formula is C15H28N2O3. The molecule has 5 nitrogen and oxygen atoms in total. The van der Waals surface area contributed by atoms with Crippen LogP contribution < -0.4 is 5.32 Å². The van der Waals surface area contributed by atoms with Crippen molar-refractivity contribution in [3.63, 3.8) is 0 Å². The summed E-state index contributed by atoms with van der Waals surface area (Å²) in [7, 11) is 0. The zero-order chi connectivity index (χ0) is 15.0. The molecule has 0 radical (unpaired) electrons. The fourth-order valence-electron chi connectivity index (χ4n) is 2.67. The van der Waals surface area contributed by atoms with Crippen LogP contribution in [0.3, 0.4) is 0 Å². The quantitative estimate of drug-likeness (QED) is 0.673. The van der Waals surface area contributed by atoms with Crippen LogP contribution in [-0.4, -0.2) is 41.6 Å². The summed E-state index contributed by atoms with van der Waals surface area (Å²) in [6, 6.07) is -0.117. The molecular weight excluding hydrogens is 256 g/mol. The normalized spacial score (nSPS) is 22.0. The number of aliphatic carboxylic acids is 1.